The van der Waals surface area contributed by atoms with Crippen molar-refractivity contribution in [2.75, 3.05) is 11.9 Å². The van der Waals surface area contributed by atoms with E-state index in [2.05, 4.69) is 18.3 Å². The summed E-state index contributed by atoms with van der Waals surface area (Å²) < 4.78 is 0. The molecule has 1 aromatic rings. The second kappa shape index (κ2) is 5.81. The molecule has 1 aromatic carbocycles. The Hall–Kier alpha value is -1.24. The normalized spacial score (nSPS) is 26.7. The van der Waals surface area contributed by atoms with E-state index < -0.39 is 0 Å². The molecule has 2 unspecified atom stereocenters. The zero-order valence-corrected chi connectivity index (χ0v) is 11.9. The fraction of sp³-hybridized carbons (Fsp3) is 0.533. The number of aliphatic hydroxyl groups excluding tert-OH is 1. The van der Waals surface area contributed by atoms with Gasteiger partial charge in [-0.05, 0) is 37.0 Å². The van der Waals surface area contributed by atoms with E-state index in [-0.39, 0.29) is 12.1 Å². The van der Waals surface area contributed by atoms with Crippen molar-refractivity contribution in [3.8, 4) is 6.07 Å². The third-order valence-corrected chi connectivity index (χ3v) is 4.13. The Labute approximate surface area is 119 Å². The molecule has 0 spiro atoms. The zero-order chi connectivity index (χ0) is 13.9. The van der Waals surface area contributed by atoms with E-state index in [0.717, 1.165) is 24.9 Å². The van der Waals surface area contributed by atoms with E-state index in [9.17, 15) is 5.11 Å². The number of halogens is 1. The lowest BCUT2D eigenvalue weighted by Gasteiger charge is -2.40. The van der Waals surface area contributed by atoms with Crippen LogP contribution >= 0.6 is 11.6 Å². The second-order valence-electron chi connectivity index (χ2n) is 5.57. The summed E-state index contributed by atoms with van der Waals surface area (Å²) in [5.41, 5.74) is 0.977. The molecule has 0 aromatic heterocycles. The maximum Gasteiger partial charge on any atom is 0.101 e. The summed E-state index contributed by atoms with van der Waals surface area (Å²) >= 11 is 5.90. The molecule has 2 rings (SSSR count). The summed E-state index contributed by atoms with van der Waals surface area (Å²) in [4.78, 5) is 0. The maximum absolute atomic E-state index is 9.77. The summed E-state index contributed by atoms with van der Waals surface area (Å²) in [7, 11) is 0. The number of rotatable bonds is 3. The summed E-state index contributed by atoms with van der Waals surface area (Å²) in [5, 5.41) is 22.9. The van der Waals surface area contributed by atoms with Crippen LogP contribution in [0.4, 0.5) is 5.69 Å². The van der Waals surface area contributed by atoms with Crippen molar-refractivity contribution in [2.45, 2.75) is 38.1 Å². The highest BCUT2D eigenvalue weighted by Gasteiger charge is 2.34. The van der Waals surface area contributed by atoms with Crippen LogP contribution in [0.5, 0.6) is 0 Å². The van der Waals surface area contributed by atoms with Crippen LogP contribution in [-0.4, -0.2) is 17.3 Å². The Bertz CT molecular complexity index is 497. The largest absolute Gasteiger partial charge is 0.394 e. The monoisotopic (exact) mass is 278 g/mol. The number of nitriles is 1. The van der Waals surface area contributed by atoms with E-state index in [0.29, 0.717) is 16.5 Å². The van der Waals surface area contributed by atoms with Crippen LogP contribution in [-0.2, 0) is 0 Å². The van der Waals surface area contributed by atoms with Gasteiger partial charge in [-0.25, -0.2) is 0 Å². The van der Waals surface area contributed by atoms with Gasteiger partial charge in [0.15, 0.2) is 0 Å². The molecule has 2 atom stereocenters. The van der Waals surface area contributed by atoms with Crippen molar-refractivity contribution in [3.63, 3.8) is 0 Å². The highest BCUT2D eigenvalue weighted by Crippen LogP contribution is 2.35. The molecule has 1 aliphatic rings. The van der Waals surface area contributed by atoms with Gasteiger partial charge in [0.05, 0.1) is 23.4 Å². The molecule has 0 heterocycles. The Morgan fingerprint density at radius 3 is 3.00 bits per heavy atom. The van der Waals surface area contributed by atoms with Gasteiger partial charge in [0.2, 0.25) is 0 Å². The van der Waals surface area contributed by atoms with E-state index >= 15 is 0 Å². The quantitative estimate of drug-likeness (QED) is 0.889. The minimum Gasteiger partial charge on any atom is -0.394 e. The van der Waals surface area contributed by atoms with Crippen molar-refractivity contribution in [1.82, 2.24) is 0 Å². The number of anilines is 1. The molecule has 3 nitrogen and oxygen atoms in total. The minimum atomic E-state index is -0.308. The summed E-state index contributed by atoms with van der Waals surface area (Å²) in [6.45, 7) is 2.29. The molecular weight excluding hydrogens is 260 g/mol. The van der Waals surface area contributed by atoms with Crippen LogP contribution in [0.25, 0.3) is 0 Å². The van der Waals surface area contributed by atoms with Gasteiger partial charge in [-0.15, -0.1) is 0 Å². The first-order valence-electron chi connectivity index (χ1n) is 6.67. The fourth-order valence-corrected chi connectivity index (χ4v) is 3.13. The van der Waals surface area contributed by atoms with E-state index in [1.54, 1.807) is 12.1 Å². The van der Waals surface area contributed by atoms with Crippen LogP contribution in [0.2, 0.25) is 5.02 Å². The number of hydrogen-bond acceptors (Lipinski definition) is 3. The van der Waals surface area contributed by atoms with Crippen LogP contribution < -0.4 is 5.32 Å². The minimum absolute atomic E-state index is 0.0881. The van der Waals surface area contributed by atoms with Crippen molar-refractivity contribution >= 4 is 17.3 Å². The average Bonchev–Trinajstić information content (AvgIpc) is 2.41. The number of nitrogens with one attached hydrogen (secondary N) is 1. The number of benzene rings is 1. The molecule has 0 bridgehead atoms. The van der Waals surface area contributed by atoms with Crippen molar-refractivity contribution in [2.24, 2.45) is 5.92 Å². The third-order valence-electron chi connectivity index (χ3n) is 3.90. The Morgan fingerprint density at radius 1 is 1.58 bits per heavy atom. The predicted octanol–water partition coefficient (Wildman–Crippen LogP) is 3.56. The molecule has 1 saturated carbocycles. The number of hydrogen-bond donors (Lipinski definition) is 2. The Morgan fingerprint density at radius 2 is 2.37 bits per heavy atom. The van der Waals surface area contributed by atoms with Crippen LogP contribution in [0.15, 0.2) is 18.2 Å². The molecule has 1 aliphatic carbocycles. The van der Waals surface area contributed by atoms with E-state index in [1.165, 1.54) is 6.42 Å². The molecule has 19 heavy (non-hydrogen) atoms. The van der Waals surface area contributed by atoms with Gasteiger partial charge in [-0.1, -0.05) is 31.4 Å². The van der Waals surface area contributed by atoms with Gasteiger partial charge in [-0.3, -0.25) is 0 Å². The first kappa shape index (κ1) is 14.2. The number of nitrogens with zero attached hydrogens (tertiary/aromatic N) is 1. The molecule has 0 aliphatic heterocycles. The van der Waals surface area contributed by atoms with Gasteiger partial charge in [0.1, 0.15) is 6.07 Å². The highest BCUT2D eigenvalue weighted by molar-refractivity contribution is 6.30. The number of aliphatic hydroxyl groups is 1. The van der Waals surface area contributed by atoms with E-state index in [1.807, 2.05) is 6.07 Å². The SMILES string of the molecule is CC1CCCC(CO)(Nc2ccc(Cl)cc2C#N)C1. The summed E-state index contributed by atoms with van der Waals surface area (Å²) in [6.07, 6.45) is 4.16. The summed E-state index contributed by atoms with van der Waals surface area (Å²) in [5.74, 6) is 0.589. The Balaban J connectivity index is 2.26. The fourth-order valence-electron chi connectivity index (χ4n) is 2.96. The van der Waals surface area contributed by atoms with Gasteiger partial charge in [-0.2, -0.15) is 5.26 Å². The first-order chi connectivity index (χ1) is 9.08. The van der Waals surface area contributed by atoms with Crippen molar-refractivity contribution in [1.29, 1.82) is 5.26 Å². The smallest absolute Gasteiger partial charge is 0.101 e. The van der Waals surface area contributed by atoms with Crippen LogP contribution in [0, 0.1) is 17.2 Å². The molecule has 4 heteroatoms. The van der Waals surface area contributed by atoms with Crippen LogP contribution in [0.1, 0.15) is 38.2 Å². The molecule has 0 radical (unpaired) electrons. The maximum atomic E-state index is 9.77. The molecule has 102 valence electrons. The zero-order valence-electron chi connectivity index (χ0n) is 11.1. The highest BCUT2D eigenvalue weighted by atomic mass is 35.5. The van der Waals surface area contributed by atoms with Crippen LogP contribution in [0.3, 0.4) is 0 Å². The molecular formula is C15H19ClN2O. The first-order valence-corrected chi connectivity index (χ1v) is 7.05. The predicted molar refractivity (Wildman–Crippen MR) is 77.2 cm³/mol. The lowest BCUT2D eigenvalue weighted by Crippen LogP contribution is -2.46. The van der Waals surface area contributed by atoms with Gasteiger partial charge in [0.25, 0.3) is 0 Å². The standard InChI is InChI=1S/C15H19ClN2O/c1-11-3-2-6-15(8-11,10-19)18-14-5-4-13(16)7-12(14)9-17/h4-5,7,11,18-19H,2-3,6,8,10H2,1H3. The average molecular weight is 279 g/mol. The topological polar surface area (TPSA) is 56.0 Å². The molecule has 0 saturated heterocycles. The second-order valence-corrected chi connectivity index (χ2v) is 6.00. The van der Waals surface area contributed by atoms with Gasteiger partial charge < -0.3 is 10.4 Å². The summed E-state index contributed by atoms with van der Waals surface area (Å²) in [6, 6.07) is 7.39. The molecule has 0 amide bonds. The van der Waals surface area contributed by atoms with Gasteiger partial charge in [0, 0.05) is 5.02 Å². The lowest BCUT2D eigenvalue weighted by atomic mass is 9.76. The van der Waals surface area contributed by atoms with Crippen molar-refractivity contribution < 1.29 is 5.11 Å². The molecule has 1 fully saturated rings. The van der Waals surface area contributed by atoms with Gasteiger partial charge >= 0.3 is 0 Å². The third kappa shape index (κ3) is 3.20. The lowest BCUT2D eigenvalue weighted by molar-refractivity contribution is 0.149. The van der Waals surface area contributed by atoms with E-state index in [4.69, 9.17) is 16.9 Å². The Kier molecular flexibility index (Phi) is 4.34. The van der Waals surface area contributed by atoms with Crippen molar-refractivity contribution in [3.05, 3.63) is 28.8 Å². The molecule has 2 N–H and O–H groups in total.